The summed E-state index contributed by atoms with van der Waals surface area (Å²) in [7, 11) is 1.99. The molecular weight excluding hydrogens is 282 g/mol. The molecule has 0 aliphatic carbocycles. The summed E-state index contributed by atoms with van der Waals surface area (Å²) < 4.78 is 0. The van der Waals surface area contributed by atoms with Gasteiger partial charge in [-0.3, -0.25) is 9.59 Å². The molecule has 1 aliphatic rings. The Bertz CT molecular complexity index is 553. The van der Waals surface area contributed by atoms with Gasteiger partial charge in [-0.25, -0.2) is 0 Å². The molecule has 1 fully saturated rings. The molecule has 0 bridgehead atoms. The minimum absolute atomic E-state index is 0.214. The lowest BCUT2D eigenvalue weighted by molar-refractivity contribution is -0.177. The first-order valence-electron chi connectivity index (χ1n) is 7.25. The zero-order chi connectivity index (χ0) is 16.1. The SMILES string of the molecule is C=C(CCCN(C)c1ccc(N)cc1)ON1C(=O)CCC1=O. The Morgan fingerprint density at radius 3 is 2.45 bits per heavy atom. The summed E-state index contributed by atoms with van der Waals surface area (Å²) in [6.07, 6.45) is 1.81. The van der Waals surface area contributed by atoms with Gasteiger partial charge in [-0.15, -0.1) is 5.06 Å². The van der Waals surface area contributed by atoms with Gasteiger partial charge in [0.15, 0.2) is 0 Å². The van der Waals surface area contributed by atoms with E-state index in [2.05, 4.69) is 11.5 Å². The highest BCUT2D eigenvalue weighted by Gasteiger charge is 2.31. The van der Waals surface area contributed by atoms with E-state index in [1.54, 1.807) is 0 Å². The van der Waals surface area contributed by atoms with Gasteiger partial charge in [0, 0.05) is 44.2 Å². The molecule has 2 N–H and O–H groups in total. The monoisotopic (exact) mass is 303 g/mol. The lowest BCUT2D eigenvalue weighted by atomic mass is 10.2. The quantitative estimate of drug-likeness (QED) is 0.474. The lowest BCUT2D eigenvalue weighted by Crippen LogP contribution is -2.29. The molecule has 1 saturated heterocycles. The maximum Gasteiger partial charge on any atom is 0.263 e. The number of hydrogen-bond donors (Lipinski definition) is 1. The molecule has 6 heteroatoms. The number of hydrogen-bond acceptors (Lipinski definition) is 5. The summed E-state index contributed by atoms with van der Waals surface area (Å²) in [5.74, 6) is -0.176. The number of nitrogens with two attached hydrogens (primary N) is 1. The summed E-state index contributed by atoms with van der Waals surface area (Å²) in [6.45, 7) is 4.56. The Morgan fingerprint density at radius 1 is 1.27 bits per heavy atom. The first kappa shape index (κ1) is 15.9. The van der Waals surface area contributed by atoms with Crippen LogP contribution in [0.1, 0.15) is 25.7 Å². The molecule has 2 rings (SSSR count). The van der Waals surface area contributed by atoms with Gasteiger partial charge in [0.05, 0.1) is 0 Å². The van der Waals surface area contributed by atoms with Crippen LogP contribution in [0.4, 0.5) is 11.4 Å². The van der Waals surface area contributed by atoms with Crippen LogP contribution in [0, 0.1) is 0 Å². The normalized spacial score (nSPS) is 14.3. The lowest BCUT2D eigenvalue weighted by Gasteiger charge is -2.20. The third-order valence-electron chi connectivity index (χ3n) is 3.51. The van der Waals surface area contributed by atoms with Crippen molar-refractivity contribution >= 4 is 23.2 Å². The Morgan fingerprint density at radius 2 is 1.86 bits per heavy atom. The van der Waals surface area contributed by atoms with E-state index < -0.39 is 0 Å². The minimum atomic E-state index is -0.301. The third kappa shape index (κ3) is 4.00. The molecule has 0 atom stereocenters. The third-order valence-corrected chi connectivity index (χ3v) is 3.51. The molecule has 1 aromatic rings. The van der Waals surface area contributed by atoms with Crippen molar-refractivity contribution in [3.8, 4) is 0 Å². The fourth-order valence-corrected chi connectivity index (χ4v) is 2.20. The number of hydroxylamine groups is 2. The summed E-state index contributed by atoms with van der Waals surface area (Å²) in [4.78, 5) is 30.2. The second-order valence-electron chi connectivity index (χ2n) is 5.33. The Kier molecular flexibility index (Phi) is 5.04. The molecule has 0 aromatic heterocycles. The fourth-order valence-electron chi connectivity index (χ4n) is 2.20. The zero-order valence-corrected chi connectivity index (χ0v) is 12.7. The van der Waals surface area contributed by atoms with Crippen LogP contribution in [0.5, 0.6) is 0 Å². The zero-order valence-electron chi connectivity index (χ0n) is 12.7. The molecule has 1 aromatic carbocycles. The number of benzene rings is 1. The van der Waals surface area contributed by atoms with Crippen LogP contribution < -0.4 is 10.6 Å². The molecule has 0 unspecified atom stereocenters. The number of nitrogen functional groups attached to an aromatic ring is 1. The van der Waals surface area contributed by atoms with Crippen molar-refractivity contribution in [2.75, 3.05) is 24.2 Å². The van der Waals surface area contributed by atoms with Crippen molar-refractivity contribution < 1.29 is 14.4 Å². The Labute approximate surface area is 130 Å². The van der Waals surface area contributed by atoms with E-state index in [4.69, 9.17) is 10.6 Å². The van der Waals surface area contributed by atoms with E-state index in [0.717, 1.165) is 29.4 Å². The van der Waals surface area contributed by atoms with Crippen LogP contribution in [-0.2, 0) is 14.4 Å². The minimum Gasteiger partial charge on any atom is -0.399 e. The van der Waals surface area contributed by atoms with Crippen molar-refractivity contribution in [3.63, 3.8) is 0 Å². The Balaban J connectivity index is 1.73. The van der Waals surface area contributed by atoms with Crippen molar-refractivity contribution in [2.24, 2.45) is 0 Å². The van der Waals surface area contributed by atoms with Gasteiger partial charge in [-0.2, -0.15) is 0 Å². The van der Waals surface area contributed by atoms with Crippen molar-refractivity contribution in [2.45, 2.75) is 25.7 Å². The number of rotatable bonds is 7. The van der Waals surface area contributed by atoms with Gasteiger partial charge in [-0.05, 0) is 30.7 Å². The predicted octanol–water partition coefficient (Wildman–Crippen LogP) is 2.08. The molecule has 0 saturated carbocycles. The molecule has 0 radical (unpaired) electrons. The van der Waals surface area contributed by atoms with Crippen molar-refractivity contribution in [1.29, 1.82) is 0 Å². The number of nitrogens with zero attached hydrogens (tertiary/aromatic N) is 2. The summed E-state index contributed by atoms with van der Waals surface area (Å²) >= 11 is 0. The van der Waals surface area contributed by atoms with E-state index in [9.17, 15) is 9.59 Å². The largest absolute Gasteiger partial charge is 0.399 e. The highest BCUT2D eigenvalue weighted by Crippen LogP contribution is 2.18. The fraction of sp³-hybridized carbons (Fsp3) is 0.375. The number of anilines is 2. The maximum atomic E-state index is 11.4. The average Bonchev–Trinajstić information content (AvgIpc) is 2.79. The topological polar surface area (TPSA) is 75.9 Å². The maximum absolute atomic E-state index is 11.4. The summed E-state index contributed by atoms with van der Waals surface area (Å²) in [5, 5.41) is 0.825. The second kappa shape index (κ2) is 6.98. The van der Waals surface area contributed by atoms with Crippen LogP contribution in [0.15, 0.2) is 36.6 Å². The molecule has 0 spiro atoms. The second-order valence-corrected chi connectivity index (χ2v) is 5.33. The number of imide groups is 1. The van der Waals surface area contributed by atoms with Gasteiger partial charge in [0.1, 0.15) is 5.76 Å². The van der Waals surface area contributed by atoms with Crippen LogP contribution in [0.3, 0.4) is 0 Å². The first-order chi connectivity index (χ1) is 10.5. The number of carbonyl (C=O) groups is 2. The Hall–Kier alpha value is -2.50. The smallest absolute Gasteiger partial charge is 0.263 e. The van der Waals surface area contributed by atoms with E-state index in [1.165, 1.54) is 0 Å². The van der Waals surface area contributed by atoms with E-state index in [1.807, 2.05) is 31.3 Å². The standard InChI is InChI=1S/C16H21N3O3/c1-12(22-19-15(20)9-10-16(19)21)4-3-11-18(2)14-7-5-13(17)6-8-14/h5-8H,1,3-4,9-11,17H2,2H3. The highest BCUT2D eigenvalue weighted by molar-refractivity contribution is 6.00. The molecule has 22 heavy (non-hydrogen) atoms. The molecule has 118 valence electrons. The molecule has 1 heterocycles. The summed E-state index contributed by atoms with van der Waals surface area (Å²) in [5.41, 5.74) is 7.47. The van der Waals surface area contributed by atoms with Gasteiger partial charge in [0.2, 0.25) is 0 Å². The van der Waals surface area contributed by atoms with Gasteiger partial charge < -0.3 is 15.5 Å². The van der Waals surface area contributed by atoms with Crippen LogP contribution in [-0.4, -0.2) is 30.5 Å². The molecule has 6 nitrogen and oxygen atoms in total. The average molecular weight is 303 g/mol. The highest BCUT2D eigenvalue weighted by atomic mass is 16.7. The van der Waals surface area contributed by atoms with E-state index in [-0.39, 0.29) is 24.7 Å². The van der Waals surface area contributed by atoms with E-state index >= 15 is 0 Å². The van der Waals surface area contributed by atoms with Gasteiger partial charge >= 0.3 is 0 Å². The van der Waals surface area contributed by atoms with Crippen LogP contribution in [0.25, 0.3) is 0 Å². The predicted molar refractivity (Wildman–Crippen MR) is 84.7 cm³/mol. The van der Waals surface area contributed by atoms with Gasteiger partial charge in [0.25, 0.3) is 11.8 Å². The molecular formula is C16H21N3O3. The number of carbonyl (C=O) groups excluding carboxylic acids is 2. The van der Waals surface area contributed by atoms with Crippen molar-refractivity contribution in [3.05, 3.63) is 36.6 Å². The summed E-state index contributed by atoms with van der Waals surface area (Å²) in [6, 6.07) is 7.64. The van der Waals surface area contributed by atoms with Crippen LogP contribution in [0.2, 0.25) is 0 Å². The van der Waals surface area contributed by atoms with Gasteiger partial charge in [-0.1, -0.05) is 6.58 Å². The number of amides is 2. The number of allylic oxidation sites excluding steroid dienone is 1. The first-order valence-corrected chi connectivity index (χ1v) is 7.25. The molecule has 2 amide bonds. The van der Waals surface area contributed by atoms with Crippen molar-refractivity contribution in [1.82, 2.24) is 5.06 Å². The van der Waals surface area contributed by atoms with Crippen LogP contribution >= 0.6 is 0 Å². The molecule has 1 aliphatic heterocycles. The van der Waals surface area contributed by atoms with E-state index in [0.29, 0.717) is 12.2 Å².